The summed E-state index contributed by atoms with van der Waals surface area (Å²) in [6.45, 7) is 12.0. The zero-order valence-electron chi connectivity index (χ0n) is 28.4. The summed E-state index contributed by atoms with van der Waals surface area (Å²) in [6, 6.07) is 7.45. The summed E-state index contributed by atoms with van der Waals surface area (Å²) in [5, 5.41) is 11.6. The molecule has 0 radical (unpaired) electrons. The molecule has 254 valence electrons. The van der Waals surface area contributed by atoms with E-state index in [4.69, 9.17) is 9.72 Å². The lowest BCUT2D eigenvalue weighted by Crippen LogP contribution is -2.36. The summed E-state index contributed by atoms with van der Waals surface area (Å²) in [7, 11) is 0. The van der Waals surface area contributed by atoms with Crippen molar-refractivity contribution in [2.24, 2.45) is 5.41 Å². The molecule has 3 aromatic rings. The molecule has 3 aliphatic rings. The van der Waals surface area contributed by atoms with E-state index in [2.05, 4.69) is 28.7 Å². The predicted molar refractivity (Wildman–Crippen MR) is 178 cm³/mol. The fraction of sp³-hybridized carbons (Fsp3) is 0.605. The van der Waals surface area contributed by atoms with E-state index < -0.39 is 18.2 Å². The van der Waals surface area contributed by atoms with Crippen molar-refractivity contribution < 1.29 is 23.0 Å². The maximum Gasteiger partial charge on any atom is 0.248 e. The van der Waals surface area contributed by atoms with Gasteiger partial charge in [-0.05, 0) is 81.8 Å². The minimum atomic E-state index is -2.71. The second-order valence-electron chi connectivity index (χ2n) is 15.2. The molecular weight excluding hydrogens is 601 g/mol. The number of alkyl halides is 3. The predicted octanol–water partition coefficient (Wildman–Crippen LogP) is 8.85. The van der Waals surface area contributed by atoms with Crippen LogP contribution in [0.25, 0.3) is 0 Å². The van der Waals surface area contributed by atoms with Gasteiger partial charge in [0.2, 0.25) is 11.9 Å². The number of aliphatic hydroxyl groups excluding tert-OH is 1. The summed E-state index contributed by atoms with van der Waals surface area (Å²) < 4.78 is 51.8. The number of hydrogen-bond acceptors (Lipinski definition) is 6. The van der Waals surface area contributed by atoms with Crippen LogP contribution in [-0.4, -0.2) is 45.2 Å². The number of benzene rings is 1. The van der Waals surface area contributed by atoms with Crippen molar-refractivity contribution in [2.75, 3.05) is 18.0 Å². The Morgan fingerprint density at radius 2 is 1.60 bits per heavy atom. The Morgan fingerprint density at radius 3 is 2.21 bits per heavy atom. The maximum atomic E-state index is 17.2. The SMILES string of the molecule is Cc1ccc(C(F)c2c(C3CCN(c4ncc(COC(C)C)cn4)CC3)nc3c(c2C2CCC(F)(F)CC2)C(O)CC(C)(C)C3)cc1. The highest BCUT2D eigenvalue weighted by atomic mass is 19.3. The lowest BCUT2D eigenvalue weighted by molar-refractivity contribution is -0.0385. The first-order valence-corrected chi connectivity index (χ1v) is 17.3. The van der Waals surface area contributed by atoms with Gasteiger partial charge >= 0.3 is 0 Å². The summed E-state index contributed by atoms with van der Waals surface area (Å²) in [5.74, 6) is -2.34. The number of aryl methyl sites for hydroxylation is 1. The monoisotopic (exact) mass is 650 g/mol. The molecule has 6 rings (SSSR count). The Kier molecular flexibility index (Phi) is 9.69. The van der Waals surface area contributed by atoms with Crippen LogP contribution in [0, 0.1) is 12.3 Å². The Bertz CT molecular complexity index is 1530. The highest BCUT2D eigenvalue weighted by Crippen LogP contribution is 2.52. The van der Waals surface area contributed by atoms with Crippen LogP contribution in [0.4, 0.5) is 19.1 Å². The number of nitrogens with zero attached hydrogens (tertiary/aromatic N) is 4. The standard InChI is InChI=1S/C38H49F3N4O2/c1-23(2)47-22-25-20-42-36(43-21-25)45-16-12-28(13-17-45)35-33(34(39)27-8-6-24(3)7-9-27)31(26-10-14-38(40,41)15-11-26)32-29(44-35)18-37(4,5)19-30(32)46/h6-9,20-21,23,26,28,30,34,46H,10-19,22H2,1-5H3. The van der Waals surface area contributed by atoms with Gasteiger partial charge in [-0.3, -0.25) is 4.98 Å². The first-order valence-electron chi connectivity index (χ1n) is 17.3. The van der Waals surface area contributed by atoms with E-state index >= 15 is 4.39 Å². The number of aromatic nitrogens is 3. The van der Waals surface area contributed by atoms with Crippen LogP contribution in [0.2, 0.25) is 0 Å². The molecule has 1 aliphatic heterocycles. The van der Waals surface area contributed by atoms with Crippen molar-refractivity contribution in [1.82, 2.24) is 15.0 Å². The molecule has 2 unspecified atom stereocenters. The number of pyridine rings is 1. The van der Waals surface area contributed by atoms with Crippen LogP contribution >= 0.6 is 0 Å². The number of rotatable bonds is 8. The minimum Gasteiger partial charge on any atom is -0.388 e. The third kappa shape index (κ3) is 7.51. The van der Waals surface area contributed by atoms with Gasteiger partial charge in [0.15, 0.2) is 6.17 Å². The summed E-state index contributed by atoms with van der Waals surface area (Å²) >= 11 is 0. The van der Waals surface area contributed by atoms with Crippen LogP contribution in [-0.2, 0) is 17.8 Å². The summed E-state index contributed by atoms with van der Waals surface area (Å²) in [4.78, 5) is 16.6. The van der Waals surface area contributed by atoms with E-state index in [0.717, 1.165) is 40.9 Å². The van der Waals surface area contributed by atoms with E-state index in [1.807, 2.05) is 57.4 Å². The molecule has 0 bridgehead atoms. The normalized spacial score (nSPS) is 22.3. The van der Waals surface area contributed by atoms with E-state index in [-0.39, 0.29) is 49.0 Å². The molecule has 1 saturated carbocycles. The van der Waals surface area contributed by atoms with Crippen LogP contribution in [0.3, 0.4) is 0 Å². The van der Waals surface area contributed by atoms with Crippen molar-refractivity contribution in [2.45, 2.75) is 129 Å². The highest BCUT2D eigenvalue weighted by Gasteiger charge is 2.43. The van der Waals surface area contributed by atoms with Crippen molar-refractivity contribution >= 4 is 5.95 Å². The number of anilines is 1. The topological polar surface area (TPSA) is 71.4 Å². The number of piperidine rings is 1. The molecule has 9 heteroatoms. The molecular formula is C38H49F3N4O2. The molecule has 2 fully saturated rings. The molecule has 1 N–H and O–H groups in total. The second kappa shape index (κ2) is 13.5. The van der Waals surface area contributed by atoms with Crippen molar-refractivity contribution in [3.05, 3.63) is 81.4 Å². The van der Waals surface area contributed by atoms with Crippen LogP contribution in [0.5, 0.6) is 0 Å². The average molecular weight is 651 g/mol. The van der Waals surface area contributed by atoms with E-state index in [9.17, 15) is 13.9 Å². The summed E-state index contributed by atoms with van der Waals surface area (Å²) in [5.41, 5.74) is 5.79. The largest absolute Gasteiger partial charge is 0.388 e. The number of aliphatic hydroxyl groups is 1. The number of ether oxygens (including phenoxy) is 1. The average Bonchev–Trinajstić information content (AvgIpc) is 3.03. The molecule has 1 saturated heterocycles. The molecule has 6 nitrogen and oxygen atoms in total. The summed E-state index contributed by atoms with van der Waals surface area (Å²) in [6.07, 6.45) is 4.16. The molecule has 3 heterocycles. The first kappa shape index (κ1) is 33.8. The quantitative estimate of drug-likeness (QED) is 0.263. The third-order valence-electron chi connectivity index (χ3n) is 10.3. The molecule has 47 heavy (non-hydrogen) atoms. The maximum absolute atomic E-state index is 17.2. The van der Waals surface area contributed by atoms with E-state index in [0.29, 0.717) is 55.2 Å². The first-order chi connectivity index (χ1) is 22.3. The van der Waals surface area contributed by atoms with Gasteiger partial charge in [-0.1, -0.05) is 43.7 Å². The van der Waals surface area contributed by atoms with Gasteiger partial charge in [-0.15, -0.1) is 0 Å². The third-order valence-corrected chi connectivity index (χ3v) is 10.3. The Balaban J connectivity index is 1.39. The van der Waals surface area contributed by atoms with Gasteiger partial charge in [-0.25, -0.2) is 23.1 Å². The van der Waals surface area contributed by atoms with Gasteiger partial charge < -0.3 is 14.7 Å². The Morgan fingerprint density at radius 1 is 0.957 bits per heavy atom. The van der Waals surface area contributed by atoms with Crippen molar-refractivity contribution in [1.29, 1.82) is 0 Å². The van der Waals surface area contributed by atoms with Gasteiger partial charge in [0, 0.05) is 66.6 Å². The zero-order chi connectivity index (χ0) is 33.5. The molecule has 2 aliphatic carbocycles. The highest BCUT2D eigenvalue weighted by molar-refractivity contribution is 5.51. The van der Waals surface area contributed by atoms with E-state index in [1.54, 1.807) is 0 Å². The smallest absolute Gasteiger partial charge is 0.248 e. The fourth-order valence-electron chi connectivity index (χ4n) is 7.81. The van der Waals surface area contributed by atoms with Crippen LogP contribution in [0.15, 0.2) is 36.7 Å². The minimum absolute atomic E-state index is 0.0278. The molecule has 0 amide bonds. The van der Waals surface area contributed by atoms with Crippen molar-refractivity contribution in [3.8, 4) is 0 Å². The second-order valence-corrected chi connectivity index (χ2v) is 15.2. The van der Waals surface area contributed by atoms with Crippen molar-refractivity contribution in [3.63, 3.8) is 0 Å². The molecule has 0 spiro atoms. The molecule has 2 atom stereocenters. The number of hydrogen-bond donors (Lipinski definition) is 1. The van der Waals surface area contributed by atoms with Gasteiger partial charge in [0.25, 0.3) is 0 Å². The Labute approximate surface area is 277 Å². The lowest BCUT2D eigenvalue weighted by atomic mass is 9.68. The van der Waals surface area contributed by atoms with Crippen LogP contribution < -0.4 is 4.90 Å². The van der Waals surface area contributed by atoms with Crippen LogP contribution in [0.1, 0.15) is 142 Å². The Hall–Kier alpha value is -3.04. The van der Waals surface area contributed by atoms with E-state index in [1.165, 1.54) is 0 Å². The van der Waals surface area contributed by atoms with Gasteiger partial charge in [0.1, 0.15) is 0 Å². The number of fused-ring (bicyclic) bond motifs is 1. The molecule has 1 aromatic carbocycles. The number of halogens is 3. The fourth-order valence-corrected chi connectivity index (χ4v) is 7.81. The van der Waals surface area contributed by atoms with Gasteiger partial charge in [0.05, 0.1) is 24.5 Å². The lowest BCUT2D eigenvalue weighted by Gasteiger charge is -2.41. The van der Waals surface area contributed by atoms with Gasteiger partial charge in [-0.2, -0.15) is 0 Å². The zero-order valence-corrected chi connectivity index (χ0v) is 28.4. The molecule has 2 aromatic heterocycles.